The summed E-state index contributed by atoms with van der Waals surface area (Å²) in [5.74, 6) is -0.255. The summed E-state index contributed by atoms with van der Waals surface area (Å²) >= 11 is 0. The average molecular weight is 399 g/mol. The smallest absolute Gasteiger partial charge is 0.248 e. The number of hydrogen-bond acceptors (Lipinski definition) is 4. The Labute approximate surface area is 173 Å². The minimum absolute atomic E-state index is 0.0259. The van der Waals surface area contributed by atoms with E-state index in [0.29, 0.717) is 23.2 Å². The number of carbonyl (C=O) groups is 1. The van der Waals surface area contributed by atoms with E-state index in [4.69, 9.17) is 5.73 Å². The first-order chi connectivity index (χ1) is 14.4. The van der Waals surface area contributed by atoms with Crippen LogP contribution in [0.1, 0.15) is 32.6 Å². The number of nitrogens with one attached hydrogen (secondary N) is 1. The number of aryl methyl sites for hydroxylation is 1. The van der Waals surface area contributed by atoms with Crippen LogP contribution in [0.2, 0.25) is 0 Å². The number of aliphatic imine (C=N–C) groups is 1. The molecule has 0 radical (unpaired) electrons. The number of amides is 1. The van der Waals surface area contributed by atoms with Gasteiger partial charge in [-0.2, -0.15) is 0 Å². The molecule has 0 aliphatic rings. The third-order valence-electron chi connectivity index (χ3n) is 5.04. The minimum Gasteiger partial charge on any atom is -0.508 e. The molecule has 4 rings (SSSR count). The lowest BCUT2D eigenvalue weighted by molar-refractivity contribution is 0.1000. The Hall–Kier alpha value is -4.06. The average Bonchev–Trinajstić information content (AvgIpc) is 3.03. The molecule has 1 heterocycles. The van der Waals surface area contributed by atoms with Crippen LogP contribution in [0.3, 0.4) is 0 Å². The van der Waals surface area contributed by atoms with E-state index in [-0.39, 0.29) is 11.6 Å². The number of benzene rings is 3. The summed E-state index contributed by atoms with van der Waals surface area (Å²) in [6.45, 7) is 1.81. The van der Waals surface area contributed by atoms with E-state index in [1.165, 1.54) is 0 Å². The number of fused-ring (bicyclic) bond motifs is 1. The molecule has 0 aliphatic heterocycles. The van der Waals surface area contributed by atoms with Crippen molar-refractivity contribution in [2.75, 3.05) is 0 Å². The fourth-order valence-electron chi connectivity index (χ4n) is 3.37. The zero-order valence-corrected chi connectivity index (χ0v) is 16.4. The molecule has 0 bridgehead atoms. The second-order valence-electron chi connectivity index (χ2n) is 7.24. The van der Waals surface area contributed by atoms with Gasteiger partial charge >= 0.3 is 0 Å². The maximum atomic E-state index is 11.4. The number of phenols is 1. The molecule has 1 amide bonds. The Morgan fingerprint density at radius 3 is 2.63 bits per heavy atom. The summed E-state index contributed by atoms with van der Waals surface area (Å²) in [6.07, 6.45) is 2.20. The summed E-state index contributed by atoms with van der Waals surface area (Å²) in [5, 5.41) is 21.0. The van der Waals surface area contributed by atoms with Gasteiger partial charge in [-0.1, -0.05) is 24.3 Å². The van der Waals surface area contributed by atoms with Gasteiger partial charge in [0.1, 0.15) is 5.75 Å². The Bertz CT molecular complexity index is 1290. The van der Waals surface area contributed by atoms with E-state index in [1.54, 1.807) is 36.5 Å². The molecule has 0 saturated carbocycles. The van der Waals surface area contributed by atoms with Gasteiger partial charge in [0, 0.05) is 28.7 Å². The highest BCUT2D eigenvalue weighted by Gasteiger charge is 2.11. The second kappa shape index (κ2) is 7.75. The van der Waals surface area contributed by atoms with Gasteiger partial charge in [0.05, 0.1) is 11.3 Å². The van der Waals surface area contributed by atoms with E-state index in [2.05, 4.69) is 9.98 Å². The molecule has 0 saturated heterocycles. The first-order valence-electron chi connectivity index (χ1n) is 9.47. The molecule has 0 atom stereocenters. The number of carbonyl (C=O) groups excluding carboxylic acids is 1. The normalized spacial score (nSPS) is 11.4. The van der Waals surface area contributed by atoms with Crippen LogP contribution in [0.5, 0.6) is 11.6 Å². The molecule has 0 aliphatic carbocycles. The number of aromatic nitrogens is 1. The predicted octanol–water partition coefficient (Wildman–Crippen LogP) is 4.33. The van der Waals surface area contributed by atoms with Gasteiger partial charge in [-0.05, 0) is 60.4 Å². The standard InChI is InChI=1S/C24H21N3O3/c1-14-5-7-18(12-22(14)28)26-13-20-19-11-16(6-8-21(19)27-24(20)30)9-15-3-2-4-17(10-15)23(25)29/h2-8,10-13,27-28,30H,9H2,1H3,(H2,25,29). The first kappa shape index (κ1) is 19.3. The Balaban J connectivity index is 1.67. The van der Waals surface area contributed by atoms with Crippen molar-refractivity contribution in [3.63, 3.8) is 0 Å². The number of rotatable bonds is 5. The molecule has 6 nitrogen and oxygen atoms in total. The molecule has 0 unspecified atom stereocenters. The maximum Gasteiger partial charge on any atom is 0.248 e. The Morgan fingerprint density at radius 2 is 1.87 bits per heavy atom. The highest BCUT2D eigenvalue weighted by Crippen LogP contribution is 2.29. The molecular formula is C24H21N3O3. The summed E-state index contributed by atoms with van der Waals surface area (Å²) in [6, 6.07) is 18.2. The fourth-order valence-corrected chi connectivity index (χ4v) is 3.37. The molecule has 1 aromatic heterocycles. The van der Waals surface area contributed by atoms with Crippen LogP contribution in [0.4, 0.5) is 5.69 Å². The molecule has 6 heteroatoms. The van der Waals surface area contributed by atoms with Crippen LogP contribution in [0, 0.1) is 6.92 Å². The van der Waals surface area contributed by atoms with Gasteiger partial charge in [-0.3, -0.25) is 9.79 Å². The van der Waals surface area contributed by atoms with Crippen molar-refractivity contribution in [2.45, 2.75) is 13.3 Å². The van der Waals surface area contributed by atoms with Crippen molar-refractivity contribution >= 4 is 28.7 Å². The van der Waals surface area contributed by atoms with Crippen molar-refractivity contribution in [1.29, 1.82) is 0 Å². The fraction of sp³-hybridized carbons (Fsp3) is 0.0833. The van der Waals surface area contributed by atoms with E-state index < -0.39 is 5.91 Å². The van der Waals surface area contributed by atoms with Gasteiger partial charge in [-0.15, -0.1) is 0 Å². The van der Waals surface area contributed by atoms with Crippen molar-refractivity contribution in [3.8, 4) is 11.6 Å². The zero-order chi connectivity index (χ0) is 21.3. The molecule has 30 heavy (non-hydrogen) atoms. The quantitative estimate of drug-likeness (QED) is 0.375. The number of aromatic amines is 1. The third-order valence-corrected chi connectivity index (χ3v) is 5.04. The summed E-state index contributed by atoms with van der Waals surface area (Å²) in [5.41, 5.74) is 10.5. The van der Waals surface area contributed by atoms with Crippen LogP contribution in [-0.2, 0) is 6.42 Å². The molecule has 5 N–H and O–H groups in total. The number of hydrogen-bond donors (Lipinski definition) is 4. The maximum absolute atomic E-state index is 11.4. The van der Waals surface area contributed by atoms with Gasteiger partial charge < -0.3 is 20.9 Å². The minimum atomic E-state index is -0.455. The van der Waals surface area contributed by atoms with E-state index in [0.717, 1.165) is 27.6 Å². The number of nitrogens with zero attached hydrogens (tertiary/aromatic N) is 1. The first-order valence-corrected chi connectivity index (χ1v) is 9.47. The number of aromatic hydroxyl groups is 2. The van der Waals surface area contributed by atoms with Crippen molar-refractivity contribution in [3.05, 3.63) is 88.5 Å². The monoisotopic (exact) mass is 399 g/mol. The molecule has 0 fully saturated rings. The highest BCUT2D eigenvalue weighted by atomic mass is 16.3. The second-order valence-corrected chi connectivity index (χ2v) is 7.24. The van der Waals surface area contributed by atoms with E-state index >= 15 is 0 Å². The molecule has 0 spiro atoms. The van der Waals surface area contributed by atoms with Crippen molar-refractivity contribution < 1.29 is 15.0 Å². The van der Waals surface area contributed by atoms with Crippen LogP contribution in [-0.4, -0.2) is 27.3 Å². The highest BCUT2D eigenvalue weighted by molar-refractivity contribution is 6.03. The lowest BCUT2D eigenvalue weighted by atomic mass is 10.0. The van der Waals surface area contributed by atoms with Gasteiger partial charge in [0.25, 0.3) is 0 Å². The van der Waals surface area contributed by atoms with Gasteiger partial charge in [0.15, 0.2) is 5.88 Å². The predicted molar refractivity (Wildman–Crippen MR) is 118 cm³/mol. The Morgan fingerprint density at radius 1 is 1.07 bits per heavy atom. The van der Waals surface area contributed by atoms with E-state index in [9.17, 15) is 15.0 Å². The lowest BCUT2D eigenvalue weighted by Crippen LogP contribution is -2.11. The lowest BCUT2D eigenvalue weighted by Gasteiger charge is -2.05. The SMILES string of the molecule is Cc1ccc(N=Cc2c(O)[nH]c3ccc(Cc4cccc(C(N)=O)c4)cc23)cc1O. The summed E-state index contributed by atoms with van der Waals surface area (Å²) in [7, 11) is 0. The van der Waals surface area contributed by atoms with Gasteiger partial charge in [0.2, 0.25) is 5.91 Å². The molecule has 4 aromatic rings. The number of H-pyrrole nitrogens is 1. The summed E-state index contributed by atoms with van der Waals surface area (Å²) in [4.78, 5) is 18.8. The van der Waals surface area contributed by atoms with Gasteiger partial charge in [-0.25, -0.2) is 0 Å². The van der Waals surface area contributed by atoms with Crippen LogP contribution in [0.15, 0.2) is 65.7 Å². The topological polar surface area (TPSA) is 112 Å². The number of nitrogens with two attached hydrogens (primary N) is 1. The van der Waals surface area contributed by atoms with E-state index in [1.807, 2.05) is 37.3 Å². The van der Waals surface area contributed by atoms with Crippen molar-refractivity contribution in [2.24, 2.45) is 10.7 Å². The van der Waals surface area contributed by atoms with Crippen LogP contribution < -0.4 is 5.73 Å². The third kappa shape index (κ3) is 3.89. The van der Waals surface area contributed by atoms with Crippen molar-refractivity contribution in [1.82, 2.24) is 4.98 Å². The summed E-state index contributed by atoms with van der Waals surface area (Å²) < 4.78 is 0. The van der Waals surface area contributed by atoms with Crippen LogP contribution in [0.25, 0.3) is 10.9 Å². The number of primary amides is 1. The molecule has 3 aromatic carbocycles. The Kier molecular flexibility index (Phi) is 4.98. The van der Waals surface area contributed by atoms with Crippen LogP contribution >= 0.6 is 0 Å². The largest absolute Gasteiger partial charge is 0.508 e. The number of phenolic OH excluding ortho intramolecular Hbond substituents is 1. The zero-order valence-electron chi connectivity index (χ0n) is 16.4. The molecular weight excluding hydrogens is 378 g/mol. The molecule has 150 valence electrons.